The lowest BCUT2D eigenvalue weighted by atomic mass is 10.2. The van der Waals surface area contributed by atoms with Gasteiger partial charge < -0.3 is 9.47 Å². The molecule has 0 bridgehead atoms. The third kappa shape index (κ3) is 4.72. The number of nitrogens with one attached hydrogen (secondary N) is 2. The van der Waals surface area contributed by atoms with E-state index in [0.717, 1.165) is 11.3 Å². The van der Waals surface area contributed by atoms with Gasteiger partial charge in [0.1, 0.15) is 17.5 Å². The summed E-state index contributed by atoms with van der Waals surface area (Å²) in [6.45, 7) is 2.61. The van der Waals surface area contributed by atoms with Gasteiger partial charge in [0, 0.05) is 5.56 Å². The number of carbonyl (C=O) groups excluding carboxylic acids is 3. The summed E-state index contributed by atoms with van der Waals surface area (Å²) in [5, 5.41) is 0. The van der Waals surface area contributed by atoms with Crippen LogP contribution in [-0.4, -0.2) is 37.5 Å². The summed E-state index contributed by atoms with van der Waals surface area (Å²) in [4.78, 5) is 38.4. The second kappa shape index (κ2) is 9.20. The third-order valence-corrected chi connectivity index (χ3v) is 4.41. The monoisotopic (exact) mass is 397 g/mol. The van der Waals surface area contributed by atoms with Crippen molar-refractivity contribution < 1.29 is 23.9 Å². The van der Waals surface area contributed by atoms with Gasteiger partial charge in [0.05, 0.1) is 25.8 Å². The Kier molecular flexibility index (Phi) is 6.46. The number of hydrazine groups is 1. The molecule has 1 fully saturated rings. The van der Waals surface area contributed by atoms with E-state index < -0.39 is 17.9 Å². The van der Waals surface area contributed by atoms with Crippen LogP contribution in [-0.2, 0) is 9.59 Å². The molecule has 3 rings (SSSR count). The van der Waals surface area contributed by atoms with Gasteiger partial charge in [-0.25, -0.2) is 10.3 Å². The molecule has 1 atom stereocenters. The van der Waals surface area contributed by atoms with E-state index in [9.17, 15) is 14.4 Å². The van der Waals surface area contributed by atoms with Gasteiger partial charge in [-0.3, -0.25) is 19.8 Å². The number of hydrogen-bond donors (Lipinski definition) is 2. The van der Waals surface area contributed by atoms with E-state index in [0.29, 0.717) is 29.4 Å². The zero-order valence-electron chi connectivity index (χ0n) is 16.3. The Labute approximate surface area is 168 Å². The van der Waals surface area contributed by atoms with Crippen molar-refractivity contribution in [1.82, 2.24) is 10.9 Å². The van der Waals surface area contributed by atoms with E-state index in [-0.39, 0.29) is 12.3 Å². The van der Waals surface area contributed by atoms with Crippen molar-refractivity contribution >= 4 is 23.4 Å². The molecule has 8 nitrogen and oxygen atoms in total. The minimum atomic E-state index is -0.840. The molecule has 2 N–H and O–H groups in total. The molecule has 1 saturated heterocycles. The van der Waals surface area contributed by atoms with Gasteiger partial charge in [-0.15, -0.1) is 0 Å². The SMILES string of the molecule is CCCOc1ccc(N2C(=O)C[C@@H](NNC(=O)c3cccc(OC)c3)C2=O)cc1. The molecular formula is C21H23N3O5. The molecule has 0 unspecified atom stereocenters. The molecule has 2 aromatic rings. The number of carbonyl (C=O) groups is 3. The van der Waals surface area contributed by atoms with Crippen LogP contribution in [0.1, 0.15) is 30.1 Å². The van der Waals surface area contributed by atoms with Crippen LogP contribution in [0.4, 0.5) is 5.69 Å². The predicted molar refractivity (Wildman–Crippen MR) is 107 cm³/mol. The molecule has 152 valence electrons. The van der Waals surface area contributed by atoms with Crippen molar-refractivity contribution in [1.29, 1.82) is 0 Å². The van der Waals surface area contributed by atoms with Gasteiger partial charge in [0.2, 0.25) is 5.91 Å². The van der Waals surface area contributed by atoms with Crippen LogP contribution < -0.4 is 25.2 Å². The van der Waals surface area contributed by atoms with Crippen molar-refractivity contribution in [2.45, 2.75) is 25.8 Å². The molecule has 29 heavy (non-hydrogen) atoms. The number of amides is 3. The van der Waals surface area contributed by atoms with Crippen LogP contribution in [0.25, 0.3) is 0 Å². The van der Waals surface area contributed by atoms with E-state index in [4.69, 9.17) is 9.47 Å². The average Bonchev–Trinajstić information content (AvgIpc) is 3.04. The molecule has 0 spiro atoms. The first-order chi connectivity index (χ1) is 14.0. The summed E-state index contributed by atoms with van der Waals surface area (Å²) >= 11 is 0. The zero-order chi connectivity index (χ0) is 20.8. The zero-order valence-corrected chi connectivity index (χ0v) is 16.3. The summed E-state index contributed by atoms with van der Waals surface area (Å²) in [6, 6.07) is 12.5. The van der Waals surface area contributed by atoms with E-state index in [1.807, 2.05) is 6.92 Å². The molecule has 1 aliphatic heterocycles. The number of ether oxygens (including phenoxy) is 2. The fraction of sp³-hybridized carbons (Fsp3) is 0.286. The topological polar surface area (TPSA) is 97.0 Å². The van der Waals surface area contributed by atoms with Gasteiger partial charge >= 0.3 is 0 Å². The molecule has 1 aliphatic rings. The van der Waals surface area contributed by atoms with Crippen molar-refractivity contribution in [3.05, 3.63) is 54.1 Å². The highest BCUT2D eigenvalue weighted by molar-refractivity contribution is 6.22. The summed E-state index contributed by atoms with van der Waals surface area (Å²) in [6.07, 6.45) is 0.838. The molecule has 0 radical (unpaired) electrons. The molecule has 2 aromatic carbocycles. The minimum absolute atomic E-state index is 0.0503. The van der Waals surface area contributed by atoms with E-state index in [2.05, 4.69) is 10.9 Å². The normalized spacial score (nSPS) is 16.1. The molecule has 0 aliphatic carbocycles. The number of methoxy groups -OCH3 is 1. The van der Waals surface area contributed by atoms with Crippen LogP contribution in [0, 0.1) is 0 Å². The van der Waals surface area contributed by atoms with Gasteiger partial charge in [0.25, 0.3) is 11.8 Å². The molecule has 1 heterocycles. The molecule has 8 heteroatoms. The Hall–Kier alpha value is -3.39. The van der Waals surface area contributed by atoms with Crippen molar-refractivity contribution in [2.75, 3.05) is 18.6 Å². The van der Waals surface area contributed by atoms with Gasteiger partial charge in [0.15, 0.2) is 0 Å². The number of hydrogen-bond acceptors (Lipinski definition) is 6. The van der Waals surface area contributed by atoms with Crippen molar-refractivity contribution in [3.63, 3.8) is 0 Å². The van der Waals surface area contributed by atoms with E-state index >= 15 is 0 Å². The highest BCUT2D eigenvalue weighted by Crippen LogP contribution is 2.25. The second-order valence-corrected chi connectivity index (χ2v) is 6.50. The quantitative estimate of drug-likeness (QED) is 0.523. The summed E-state index contributed by atoms with van der Waals surface area (Å²) in [7, 11) is 1.51. The summed E-state index contributed by atoms with van der Waals surface area (Å²) in [5.41, 5.74) is 5.98. The molecule has 0 aromatic heterocycles. The maximum atomic E-state index is 12.7. The summed E-state index contributed by atoms with van der Waals surface area (Å²) in [5.74, 6) is 0.0192. The van der Waals surface area contributed by atoms with Crippen molar-refractivity contribution in [2.24, 2.45) is 0 Å². The second-order valence-electron chi connectivity index (χ2n) is 6.50. The Bertz CT molecular complexity index is 897. The third-order valence-electron chi connectivity index (χ3n) is 4.41. The highest BCUT2D eigenvalue weighted by Gasteiger charge is 2.39. The maximum Gasteiger partial charge on any atom is 0.265 e. The van der Waals surface area contributed by atoms with Gasteiger partial charge in [-0.05, 0) is 48.9 Å². The first-order valence-electron chi connectivity index (χ1n) is 9.33. The van der Waals surface area contributed by atoms with E-state index in [1.165, 1.54) is 7.11 Å². The largest absolute Gasteiger partial charge is 0.497 e. The Morgan fingerprint density at radius 1 is 1.14 bits per heavy atom. The fourth-order valence-corrected chi connectivity index (χ4v) is 2.92. The van der Waals surface area contributed by atoms with Crippen LogP contribution >= 0.6 is 0 Å². The lowest BCUT2D eigenvalue weighted by Crippen LogP contribution is -2.48. The number of anilines is 1. The molecule has 3 amide bonds. The van der Waals surface area contributed by atoms with Crippen LogP contribution in [0.5, 0.6) is 11.5 Å². The van der Waals surface area contributed by atoms with Gasteiger partial charge in [-0.1, -0.05) is 13.0 Å². The first kappa shape index (κ1) is 20.3. The maximum absolute atomic E-state index is 12.7. The van der Waals surface area contributed by atoms with E-state index in [1.54, 1.807) is 48.5 Å². The van der Waals surface area contributed by atoms with Gasteiger partial charge in [-0.2, -0.15) is 0 Å². The number of imide groups is 1. The number of rotatable bonds is 8. The lowest BCUT2D eigenvalue weighted by Gasteiger charge is -2.16. The Balaban J connectivity index is 1.62. The molecule has 0 saturated carbocycles. The smallest absolute Gasteiger partial charge is 0.265 e. The van der Waals surface area contributed by atoms with Crippen LogP contribution in [0.15, 0.2) is 48.5 Å². The fourth-order valence-electron chi connectivity index (χ4n) is 2.92. The lowest BCUT2D eigenvalue weighted by molar-refractivity contribution is -0.121. The van der Waals surface area contributed by atoms with Crippen molar-refractivity contribution in [3.8, 4) is 11.5 Å². The Morgan fingerprint density at radius 2 is 1.90 bits per heavy atom. The average molecular weight is 397 g/mol. The van der Waals surface area contributed by atoms with Crippen LogP contribution in [0.3, 0.4) is 0 Å². The minimum Gasteiger partial charge on any atom is -0.497 e. The number of nitrogens with zero attached hydrogens (tertiary/aromatic N) is 1. The highest BCUT2D eigenvalue weighted by atomic mass is 16.5. The van der Waals surface area contributed by atoms with Crippen LogP contribution in [0.2, 0.25) is 0 Å². The number of benzene rings is 2. The first-order valence-corrected chi connectivity index (χ1v) is 9.33. The summed E-state index contributed by atoms with van der Waals surface area (Å²) < 4.78 is 10.6. The molecular weight excluding hydrogens is 374 g/mol. The Morgan fingerprint density at radius 3 is 2.59 bits per heavy atom. The standard InChI is InChI=1S/C21H23N3O5/c1-3-11-29-16-9-7-15(8-10-16)24-19(25)13-18(21(24)27)22-23-20(26)14-5-4-6-17(12-14)28-2/h4-10,12,18,22H,3,11,13H2,1-2H3,(H,23,26)/t18-/m1/s1. The predicted octanol–water partition coefficient (Wildman–Crippen LogP) is 2.05.